The van der Waals surface area contributed by atoms with E-state index in [1.165, 1.54) is 17.8 Å². The SMILES string of the molecule is CCC(=Cc1ccc(C2CC2C)o1)CBr. The summed E-state index contributed by atoms with van der Waals surface area (Å²) in [6.07, 6.45) is 4.50. The van der Waals surface area contributed by atoms with Crippen LogP contribution in [0, 0.1) is 5.92 Å². The smallest absolute Gasteiger partial charge is 0.127 e. The zero-order valence-corrected chi connectivity index (χ0v) is 10.9. The molecule has 0 amide bonds. The molecule has 1 saturated carbocycles. The molecule has 0 N–H and O–H groups in total. The van der Waals surface area contributed by atoms with E-state index < -0.39 is 0 Å². The van der Waals surface area contributed by atoms with E-state index in [1.807, 2.05) is 0 Å². The van der Waals surface area contributed by atoms with Crippen molar-refractivity contribution >= 4 is 22.0 Å². The Hall–Kier alpha value is -0.500. The van der Waals surface area contributed by atoms with Crippen LogP contribution in [0.1, 0.15) is 44.1 Å². The van der Waals surface area contributed by atoms with Crippen molar-refractivity contribution in [2.24, 2.45) is 5.92 Å². The van der Waals surface area contributed by atoms with E-state index in [-0.39, 0.29) is 0 Å². The van der Waals surface area contributed by atoms with Crippen molar-refractivity contribution in [3.63, 3.8) is 0 Å². The molecule has 0 saturated heterocycles. The van der Waals surface area contributed by atoms with Gasteiger partial charge in [0.15, 0.2) is 0 Å². The van der Waals surface area contributed by atoms with E-state index in [1.54, 1.807) is 0 Å². The van der Waals surface area contributed by atoms with Crippen LogP contribution in [-0.2, 0) is 0 Å². The minimum atomic E-state index is 0.682. The van der Waals surface area contributed by atoms with E-state index in [4.69, 9.17) is 4.42 Å². The Balaban J connectivity index is 2.10. The Labute approximate surface area is 99.7 Å². The first-order valence-corrected chi connectivity index (χ1v) is 6.72. The largest absolute Gasteiger partial charge is 0.461 e. The standard InChI is InChI=1S/C13H17BrO/c1-3-10(8-14)7-11-4-5-13(15-11)12-6-9(12)2/h4-5,7,9,12H,3,6,8H2,1-2H3. The highest BCUT2D eigenvalue weighted by Gasteiger charge is 2.36. The molecule has 2 unspecified atom stereocenters. The normalized spacial score (nSPS) is 25.7. The van der Waals surface area contributed by atoms with E-state index >= 15 is 0 Å². The van der Waals surface area contributed by atoms with E-state index in [0.717, 1.165) is 23.4 Å². The van der Waals surface area contributed by atoms with Crippen molar-refractivity contribution in [3.8, 4) is 0 Å². The summed E-state index contributed by atoms with van der Waals surface area (Å²) in [5, 5.41) is 0.930. The zero-order chi connectivity index (χ0) is 10.8. The van der Waals surface area contributed by atoms with Gasteiger partial charge in [0.05, 0.1) is 0 Å². The molecule has 1 fully saturated rings. The fourth-order valence-corrected chi connectivity index (χ4v) is 2.36. The van der Waals surface area contributed by atoms with Gasteiger partial charge in [-0.1, -0.05) is 35.4 Å². The molecule has 1 aromatic rings. The minimum absolute atomic E-state index is 0.682. The third-order valence-corrected chi connectivity index (χ3v) is 3.81. The van der Waals surface area contributed by atoms with Gasteiger partial charge in [0.1, 0.15) is 11.5 Å². The van der Waals surface area contributed by atoms with E-state index in [9.17, 15) is 0 Å². The minimum Gasteiger partial charge on any atom is -0.461 e. The summed E-state index contributed by atoms with van der Waals surface area (Å²) in [6.45, 7) is 4.44. The van der Waals surface area contributed by atoms with Crippen molar-refractivity contribution in [1.29, 1.82) is 0 Å². The summed E-state index contributed by atoms with van der Waals surface area (Å²) >= 11 is 3.48. The molecule has 2 atom stereocenters. The lowest BCUT2D eigenvalue weighted by Crippen LogP contribution is -1.80. The topological polar surface area (TPSA) is 13.1 Å². The second kappa shape index (κ2) is 4.56. The van der Waals surface area contributed by atoms with Gasteiger partial charge in [-0.3, -0.25) is 0 Å². The van der Waals surface area contributed by atoms with Crippen molar-refractivity contribution < 1.29 is 4.42 Å². The molecule has 1 aliphatic rings. The molecule has 82 valence electrons. The van der Waals surface area contributed by atoms with Crippen LogP contribution in [0.25, 0.3) is 6.08 Å². The number of halogens is 1. The Morgan fingerprint density at radius 1 is 1.60 bits per heavy atom. The average Bonchev–Trinajstić information content (AvgIpc) is 2.80. The fraction of sp³-hybridized carbons (Fsp3) is 0.538. The van der Waals surface area contributed by atoms with Gasteiger partial charge in [-0.15, -0.1) is 0 Å². The average molecular weight is 269 g/mol. The first-order chi connectivity index (χ1) is 7.24. The number of furan rings is 1. The fourth-order valence-electron chi connectivity index (χ4n) is 1.80. The maximum atomic E-state index is 5.81. The third-order valence-electron chi connectivity index (χ3n) is 3.09. The number of alkyl halides is 1. The Kier molecular flexibility index (Phi) is 3.35. The van der Waals surface area contributed by atoms with Gasteiger partial charge in [0.25, 0.3) is 0 Å². The summed E-state index contributed by atoms with van der Waals surface area (Å²) in [6, 6.07) is 4.21. The highest BCUT2D eigenvalue weighted by atomic mass is 79.9. The van der Waals surface area contributed by atoms with Gasteiger partial charge < -0.3 is 4.42 Å². The van der Waals surface area contributed by atoms with Crippen LogP contribution in [0.15, 0.2) is 22.1 Å². The molecule has 0 spiro atoms. The first kappa shape index (κ1) is 11.0. The summed E-state index contributed by atoms with van der Waals surface area (Å²) < 4.78 is 5.81. The van der Waals surface area contributed by atoms with Crippen molar-refractivity contribution in [3.05, 3.63) is 29.2 Å². The maximum absolute atomic E-state index is 5.81. The van der Waals surface area contributed by atoms with Crippen LogP contribution in [0.5, 0.6) is 0 Å². The molecule has 1 aliphatic carbocycles. The van der Waals surface area contributed by atoms with Crippen molar-refractivity contribution in [2.75, 3.05) is 5.33 Å². The molecule has 2 rings (SSSR count). The van der Waals surface area contributed by atoms with Crippen LogP contribution >= 0.6 is 15.9 Å². The second-order valence-corrected chi connectivity index (χ2v) is 4.91. The number of rotatable bonds is 4. The Morgan fingerprint density at radius 3 is 2.87 bits per heavy atom. The molecule has 1 heterocycles. The van der Waals surface area contributed by atoms with Gasteiger partial charge in [0, 0.05) is 11.2 Å². The zero-order valence-electron chi connectivity index (χ0n) is 9.29. The lowest BCUT2D eigenvalue weighted by molar-refractivity contribution is 0.497. The van der Waals surface area contributed by atoms with E-state index in [2.05, 4.69) is 48.0 Å². The highest BCUT2D eigenvalue weighted by Crippen LogP contribution is 2.47. The monoisotopic (exact) mass is 268 g/mol. The molecule has 0 aliphatic heterocycles. The molecule has 2 heteroatoms. The van der Waals surface area contributed by atoms with Gasteiger partial charge in [-0.2, -0.15) is 0 Å². The Bertz CT molecular complexity index is 358. The highest BCUT2D eigenvalue weighted by molar-refractivity contribution is 9.09. The molecule has 1 aromatic heterocycles. The predicted octanol–water partition coefficient (Wildman–Crippen LogP) is 4.59. The second-order valence-electron chi connectivity index (χ2n) is 4.35. The molecule has 1 nitrogen and oxygen atoms in total. The van der Waals surface area contributed by atoms with Gasteiger partial charge in [-0.05, 0) is 37.0 Å². The van der Waals surface area contributed by atoms with Crippen LogP contribution in [0.2, 0.25) is 0 Å². The van der Waals surface area contributed by atoms with E-state index in [0.29, 0.717) is 5.92 Å². The molecular weight excluding hydrogens is 252 g/mol. The lowest BCUT2D eigenvalue weighted by atomic mass is 10.2. The van der Waals surface area contributed by atoms with Gasteiger partial charge >= 0.3 is 0 Å². The van der Waals surface area contributed by atoms with Gasteiger partial charge in [0.2, 0.25) is 0 Å². The summed E-state index contributed by atoms with van der Waals surface area (Å²) in [5.41, 5.74) is 1.37. The molecule has 0 radical (unpaired) electrons. The molecule has 15 heavy (non-hydrogen) atoms. The van der Waals surface area contributed by atoms with Crippen LogP contribution in [0.3, 0.4) is 0 Å². The molecular formula is C13H17BrO. The third kappa shape index (κ3) is 2.54. The molecule has 0 aromatic carbocycles. The number of hydrogen-bond donors (Lipinski definition) is 0. The maximum Gasteiger partial charge on any atom is 0.127 e. The van der Waals surface area contributed by atoms with Crippen LogP contribution < -0.4 is 0 Å². The molecule has 0 bridgehead atoms. The van der Waals surface area contributed by atoms with Gasteiger partial charge in [-0.25, -0.2) is 0 Å². The van der Waals surface area contributed by atoms with Crippen LogP contribution in [0.4, 0.5) is 0 Å². The quantitative estimate of drug-likeness (QED) is 0.728. The summed E-state index contributed by atoms with van der Waals surface area (Å²) in [4.78, 5) is 0. The Morgan fingerprint density at radius 2 is 2.33 bits per heavy atom. The lowest BCUT2D eigenvalue weighted by Gasteiger charge is -1.96. The first-order valence-electron chi connectivity index (χ1n) is 5.59. The summed E-state index contributed by atoms with van der Waals surface area (Å²) in [5.74, 6) is 3.66. The van der Waals surface area contributed by atoms with Crippen LogP contribution in [-0.4, -0.2) is 5.33 Å². The van der Waals surface area contributed by atoms with Crippen molar-refractivity contribution in [1.82, 2.24) is 0 Å². The summed E-state index contributed by atoms with van der Waals surface area (Å²) in [7, 11) is 0. The number of allylic oxidation sites excluding steroid dienone is 1. The van der Waals surface area contributed by atoms with Crippen molar-refractivity contribution in [2.45, 2.75) is 32.6 Å². The predicted molar refractivity (Wildman–Crippen MR) is 67.3 cm³/mol. The number of hydrogen-bond acceptors (Lipinski definition) is 1.